The largest absolute Gasteiger partial charge is 0.323 e. The van der Waals surface area contributed by atoms with Crippen LogP contribution in [0.5, 0.6) is 0 Å². The summed E-state index contributed by atoms with van der Waals surface area (Å²) in [5, 5.41) is 4.54. The van der Waals surface area contributed by atoms with Crippen LogP contribution in [-0.4, -0.2) is 18.1 Å². The molecule has 0 saturated carbocycles. The Morgan fingerprint density at radius 3 is 2.44 bits per heavy atom. The fraction of sp³-hybridized carbons (Fsp3) is 0.273. The van der Waals surface area contributed by atoms with Crippen molar-refractivity contribution in [1.29, 1.82) is 0 Å². The van der Waals surface area contributed by atoms with Crippen LogP contribution in [0.2, 0.25) is 5.02 Å². The molecule has 3 N–H and O–H groups in total. The maximum atomic E-state index is 5.85. The smallest absolute Gasteiger partial charge is 0.0651 e. The van der Waals surface area contributed by atoms with Gasteiger partial charge in [0.15, 0.2) is 0 Å². The lowest BCUT2D eigenvalue weighted by Crippen LogP contribution is -2.40. The Hall–Kier alpha value is -1.23. The van der Waals surface area contributed by atoms with Crippen LogP contribution in [0, 0.1) is 0 Å². The van der Waals surface area contributed by atoms with Crippen molar-refractivity contribution >= 4 is 17.3 Å². The van der Waals surface area contributed by atoms with E-state index in [1.807, 2.05) is 54.5 Å². The van der Waals surface area contributed by atoms with Gasteiger partial charge in [0.05, 0.1) is 11.4 Å². The third kappa shape index (κ3) is 2.14. The van der Waals surface area contributed by atoms with Crippen LogP contribution in [0.4, 0.5) is 5.69 Å². The zero-order valence-electron chi connectivity index (χ0n) is 9.31. The van der Waals surface area contributed by atoms with Gasteiger partial charge in [0.25, 0.3) is 0 Å². The van der Waals surface area contributed by atoms with Crippen LogP contribution in [0.15, 0.2) is 36.2 Å². The molecule has 86 valence electrons. The van der Waals surface area contributed by atoms with Crippen LogP contribution in [0.1, 0.15) is 6.92 Å². The standard InChI is InChI=1S/C11H15ClN4/c1-8(13)11-7-16(14-15(11)2)10-5-3-9(12)4-6-10/h3-8,14H,13H2,1-2H3/t8-/m0/s1. The molecule has 0 unspecified atom stereocenters. The number of anilines is 1. The van der Waals surface area contributed by atoms with Crippen LogP contribution in [-0.2, 0) is 0 Å². The van der Waals surface area contributed by atoms with Gasteiger partial charge in [-0.25, -0.2) is 0 Å². The Balaban J connectivity index is 2.22. The molecule has 0 bridgehead atoms. The summed E-state index contributed by atoms with van der Waals surface area (Å²) < 4.78 is 0. The highest BCUT2D eigenvalue weighted by atomic mass is 35.5. The van der Waals surface area contributed by atoms with Crippen molar-refractivity contribution in [1.82, 2.24) is 10.5 Å². The van der Waals surface area contributed by atoms with Crippen LogP contribution in [0.3, 0.4) is 0 Å². The minimum Gasteiger partial charge on any atom is -0.323 e. The molecule has 1 aliphatic rings. The van der Waals surface area contributed by atoms with E-state index in [4.69, 9.17) is 17.3 Å². The molecule has 1 aromatic rings. The van der Waals surface area contributed by atoms with Crippen molar-refractivity contribution in [2.75, 3.05) is 12.1 Å². The topological polar surface area (TPSA) is 44.5 Å². The fourth-order valence-corrected chi connectivity index (χ4v) is 1.75. The molecule has 0 amide bonds. The van der Waals surface area contributed by atoms with Gasteiger partial charge < -0.3 is 5.73 Å². The molecule has 1 heterocycles. The van der Waals surface area contributed by atoms with Crippen molar-refractivity contribution < 1.29 is 0 Å². The molecule has 1 atom stereocenters. The van der Waals surface area contributed by atoms with Gasteiger partial charge in [-0.15, -0.1) is 5.53 Å². The first kappa shape index (κ1) is 11.3. The first-order chi connectivity index (χ1) is 7.58. The molecule has 0 saturated heterocycles. The fourth-order valence-electron chi connectivity index (χ4n) is 1.62. The molecular formula is C11H15ClN4. The van der Waals surface area contributed by atoms with Crippen molar-refractivity contribution in [2.24, 2.45) is 5.73 Å². The summed E-state index contributed by atoms with van der Waals surface area (Å²) in [5.41, 5.74) is 11.1. The molecule has 5 heteroatoms. The lowest BCUT2D eigenvalue weighted by atomic mass is 10.2. The maximum absolute atomic E-state index is 5.85. The highest BCUT2D eigenvalue weighted by Crippen LogP contribution is 2.21. The summed E-state index contributed by atoms with van der Waals surface area (Å²) in [5.74, 6) is 0. The number of hydrogen-bond acceptors (Lipinski definition) is 4. The molecule has 1 aromatic carbocycles. The van der Waals surface area contributed by atoms with Gasteiger partial charge in [-0.3, -0.25) is 10.0 Å². The Bertz CT molecular complexity index is 399. The summed E-state index contributed by atoms with van der Waals surface area (Å²) in [7, 11) is 1.94. The average Bonchev–Trinajstić information content (AvgIpc) is 2.61. The molecule has 0 aliphatic carbocycles. The number of benzene rings is 1. The first-order valence-corrected chi connectivity index (χ1v) is 5.48. The SMILES string of the molecule is C[C@H](N)C1=CN(c2ccc(Cl)cc2)NN1C. The van der Waals surface area contributed by atoms with Gasteiger partial charge in [0, 0.05) is 24.3 Å². The minimum absolute atomic E-state index is 0.00481. The summed E-state index contributed by atoms with van der Waals surface area (Å²) >= 11 is 5.84. The maximum Gasteiger partial charge on any atom is 0.0651 e. The third-order valence-electron chi connectivity index (χ3n) is 2.48. The second-order valence-corrected chi connectivity index (χ2v) is 4.28. The molecule has 2 rings (SSSR count). The number of nitrogens with zero attached hydrogens (tertiary/aromatic N) is 2. The second-order valence-electron chi connectivity index (χ2n) is 3.85. The Morgan fingerprint density at radius 2 is 1.94 bits per heavy atom. The minimum atomic E-state index is -0.00481. The quantitative estimate of drug-likeness (QED) is 0.823. The highest BCUT2D eigenvalue weighted by molar-refractivity contribution is 6.30. The Morgan fingerprint density at radius 1 is 1.31 bits per heavy atom. The molecule has 0 radical (unpaired) electrons. The van der Waals surface area contributed by atoms with Gasteiger partial charge in [0.1, 0.15) is 0 Å². The monoisotopic (exact) mass is 238 g/mol. The lowest BCUT2D eigenvalue weighted by molar-refractivity contribution is 0.317. The summed E-state index contributed by atoms with van der Waals surface area (Å²) in [4.78, 5) is 0. The second kappa shape index (κ2) is 4.33. The number of likely N-dealkylation sites (N-methyl/N-ethyl adjacent to an activating group) is 1. The number of rotatable bonds is 2. The van der Waals surface area contributed by atoms with Crippen LogP contribution < -0.4 is 16.3 Å². The van der Waals surface area contributed by atoms with Crippen LogP contribution in [0.25, 0.3) is 0 Å². The zero-order chi connectivity index (χ0) is 11.7. The predicted molar refractivity (Wildman–Crippen MR) is 66.6 cm³/mol. The molecule has 4 nitrogen and oxygen atoms in total. The molecule has 0 aromatic heterocycles. The van der Waals surface area contributed by atoms with Gasteiger partial charge in [-0.2, -0.15) is 0 Å². The lowest BCUT2D eigenvalue weighted by Gasteiger charge is -2.21. The normalized spacial score (nSPS) is 17.6. The van der Waals surface area contributed by atoms with Gasteiger partial charge >= 0.3 is 0 Å². The third-order valence-corrected chi connectivity index (χ3v) is 2.73. The van der Waals surface area contributed by atoms with E-state index in [1.54, 1.807) is 0 Å². The van der Waals surface area contributed by atoms with Gasteiger partial charge in [-0.05, 0) is 31.2 Å². The van der Waals surface area contributed by atoms with Crippen molar-refractivity contribution in [3.05, 3.63) is 41.2 Å². The van der Waals surface area contributed by atoms with E-state index in [9.17, 15) is 0 Å². The molecule has 16 heavy (non-hydrogen) atoms. The average molecular weight is 239 g/mol. The predicted octanol–water partition coefficient (Wildman–Crippen LogP) is 1.70. The number of nitrogens with two attached hydrogens (primary N) is 1. The van der Waals surface area contributed by atoms with E-state index < -0.39 is 0 Å². The summed E-state index contributed by atoms with van der Waals surface area (Å²) in [6.07, 6.45) is 1.98. The summed E-state index contributed by atoms with van der Waals surface area (Å²) in [6.45, 7) is 1.95. The van der Waals surface area contributed by atoms with Crippen molar-refractivity contribution in [3.63, 3.8) is 0 Å². The van der Waals surface area contributed by atoms with E-state index in [0.717, 1.165) is 16.4 Å². The Labute approximate surface area is 100 Å². The highest BCUT2D eigenvalue weighted by Gasteiger charge is 2.20. The van der Waals surface area contributed by atoms with Crippen LogP contribution >= 0.6 is 11.6 Å². The number of hydrogen-bond donors (Lipinski definition) is 2. The molecular weight excluding hydrogens is 224 g/mol. The Kier molecular flexibility index (Phi) is 3.05. The zero-order valence-corrected chi connectivity index (χ0v) is 10.1. The van der Waals surface area contributed by atoms with Crippen molar-refractivity contribution in [2.45, 2.75) is 13.0 Å². The van der Waals surface area contributed by atoms with Gasteiger partial charge in [0.2, 0.25) is 0 Å². The molecule has 0 spiro atoms. The van der Waals surface area contributed by atoms with Gasteiger partial charge in [-0.1, -0.05) is 11.6 Å². The van der Waals surface area contributed by atoms with E-state index >= 15 is 0 Å². The first-order valence-electron chi connectivity index (χ1n) is 5.10. The van der Waals surface area contributed by atoms with E-state index in [1.165, 1.54) is 0 Å². The number of hydrazine groups is 2. The van der Waals surface area contributed by atoms with E-state index in [-0.39, 0.29) is 6.04 Å². The van der Waals surface area contributed by atoms with Crippen molar-refractivity contribution in [3.8, 4) is 0 Å². The number of nitrogens with one attached hydrogen (secondary N) is 1. The summed E-state index contributed by atoms with van der Waals surface area (Å²) in [6, 6.07) is 7.61. The van der Waals surface area contributed by atoms with E-state index in [2.05, 4.69) is 5.53 Å². The molecule has 1 aliphatic heterocycles. The van der Waals surface area contributed by atoms with E-state index in [0.29, 0.717) is 0 Å². The number of halogens is 1. The molecule has 0 fully saturated rings.